The zero-order valence-corrected chi connectivity index (χ0v) is 16.5. The number of hydrogen-bond donors (Lipinski definition) is 2. The minimum absolute atomic E-state index is 0.351. The number of urea groups is 1. The number of nitrogens with zero attached hydrogens (tertiary/aromatic N) is 1. The molecule has 4 rings (SSSR count). The molecule has 3 aromatic rings. The van der Waals surface area contributed by atoms with E-state index in [0.29, 0.717) is 17.5 Å². The highest BCUT2D eigenvalue weighted by molar-refractivity contribution is 6.09. The van der Waals surface area contributed by atoms with Crippen LogP contribution in [0.3, 0.4) is 0 Å². The third-order valence-electron chi connectivity index (χ3n) is 5.36. The maximum atomic E-state index is 13.1. The molecule has 1 aliphatic rings. The number of imide groups is 1. The standard InChI is InChI=1S/C24H21N3O3/c1-2-24(20-11-7-4-8-12-20)22(29)27(23(30)25-24)26-21(28)19-15-13-18(14-16-19)17-9-5-3-6-10-17/h3-16H,2H2,1H3,(H,25,30)(H,26,28)/t24-/m1/s1. The molecule has 6 nitrogen and oxygen atoms in total. The van der Waals surface area contributed by atoms with E-state index in [1.54, 1.807) is 24.3 Å². The summed E-state index contributed by atoms with van der Waals surface area (Å²) in [6.45, 7) is 1.82. The molecule has 0 aromatic heterocycles. The highest BCUT2D eigenvalue weighted by Gasteiger charge is 2.52. The minimum atomic E-state index is -1.19. The van der Waals surface area contributed by atoms with Crippen LogP contribution in [0, 0.1) is 0 Å². The van der Waals surface area contributed by atoms with Crippen molar-refractivity contribution in [2.75, 3.05) is 0 Å². The van der Waals surface area contributed by atoms with Crippen LogP contribution in [0.25, 0.3) is 11.1 Å². The van der Waals surface area contributed by atoms with Crippen molar-refractivity contribution in [3.63, 3.8) is 0 Å². The highest BCUT2D eigenvalue weighted by atomic mass is 16.2. The van der Waals surface area contributed by atoms with Gasteiger partial charge in [-0.15, -0.1) is 0 Å². The second-order valence-electron chi connectivity index (χ2n) is 7.08. The zero-order valence-electron chi connectivity index (χ0n) is 16.5. The fourth-order valence-electron chi connectivity index (χ4n) is 3.65. The molecule has 30 heavy (non-hydrogen) atoms. The Balaban J connectivity index is 1.53. The smallest absolute Gasteiger partial charge is 0.318 e. The van der Waals surface area contributed by atoms with E-state index in [1.165, 1.54) is 0 Å². The average Bonchev–Trinajstić information content (AvgIpc) is 3.05. The number of rotatable bonds is 5. The molecule has 2 N–H and O–H groups in total. The monoisotopic (exact) mass is 399 g/mol. The van der Waals surface area contributed by atoms with Gasteiger partial charge >= 0.3 is 6.03 Å². The molecule has 0 radical (unpaired) electrons. The van der Waals surface area contributed by atoms with Crippen molar-refractivity contribution in [1.29, 1.82) is 0 Å². The van der Waals surface area contributed by atoms with E-state index in [0.717, 1.165) is 16.1 Å². The predicted molar refractivity (Wildman–Crippen MR) is 113 cm³/mol. The lowest BCUT2D eigenvalue weighted by atomic mass is 9.87. The van der Waals surface area contributed by atoms with E-state index in [1.807, 2.05) is 67.6 Å². The third kappa shape index (κ3) is 3.33. The van der Waals surface area contributed by atoms with Gasteiger partial charge in [0.15, 0.2) is 0 Å². The summed E-state index contributed by atoms with van der Waals surface area (Å²) in [6.07, 6.45) is 0.361. The average molecular weight is 399 g/mol. The third-order valence-corrected chi connectivity index (χ3v) is 5.36. The summed E-state index contributed by atoms with van der Waals surface area (Å²) in [6, 6.07) is 25.2. The van der Waals surface area contributed by atoms with Crippen molar-refractivity contribution in [3.05, 3.63) is 96.1 Å². The first kappa shape index (κ1) is 19.4. The molecule has 1 saturated heterocycles. The summed E-state index contributed by atoms with van der Waals surface area (Å²) in [5, 5.41) is 3.51. The van der Waals surface area contributed by atoms with E-state index in [2.05, 4.69) is 10.7 Å². The first-order valence-electron chi connectivity index (χ1n) is 9.74. The number of nitrogens with one attached hydrogen (secondary N) is 2. The maximum Gasteiger partial charge on any atom is 0.344 e. The van der Waals surface area contributed by atoms with Gasteiger partial charge in [0, 0.05) is 5.56 Å². The Hall–Kier alpha value is -3.93. The van der Waals surface area contributed by atoms with Gasteiger partial charge in [0.2, 0.25) is 0 Å². The van der Waals surface area contributed by atoms with Gasteiger partial charge in [0.25, 0.3) is 11.8 Å². The van der Waals surface area contributed by atoms with E-state index in [4.69, 9.17) is 0 Å². The lowest BCUT2D eigenvalue weighted by molar-refractivity contribution is -0.133. The van der Waals surface area contributed by atoms with Crippen LogP contribution in [-0.4, -0.2) is 22.9 Å². The second kappa shape index (κ2) is 7.83. The van der Waals surface area contributed by atoms with Crippen molar-refractivity contribution in [2.45, 2.75) is 18.9 Å². The Morgan fingerprint density at radius 3 is 2.03 bits per heavy atom. The summed E-state index contributed by atoms with van der Waals surface area (Å²) in [7, 11) is 0. The fraction of sp³-hybridized carbons (Fsp3) is 0.125. The summed E-state index contributed by atoms with van der Waals surface area (Å²) < 4.78 is 0. The van der Waals surface area contributed by atoms with Crippen LogP contribution in [-0.2, 0) is 10.3 Å². The molecule has 1 aliphatic heterocycles. The van der Waals surface area contributed by atoms with Gasteiger partial charge in [-0.25, -0.2) is 4.79 Å². The number of benzene rings is 3. The van der Waals surface area contributed by atoms with Crippen LogP contribution < -0.4 is 10.7 Å². The molecule has 0 aliphatic carbocycles. The zero-order chi connectivity index (χ0) is 21.1. The number of hydrazine groups is 1. The van der Waals surface area contributed by atoms with Crippen molar-refractivity contribution >= 4 is 17.8 Å². The number of carbonyl (C=O) groups is 3. The lowest BCUT2D eigenvalue weighted by Crippen LogP contribution is -2.48. The van der Waals surface area contributed by atoms with Gasteiger partial charge in [-0.1, -0.05) is 79.7 Å². The van der Waals surface area contributed by atoms with Crippen LogP contribution in [0.1, 0.15) is 29.3 Å². The first-order valence-corrected chi connectivity index (χ1v) is 9.74. The number of hydrogen-bond acceptors (Lipinski definition) is 3. The topological polar surface area (TPSA) is 78.5 Å². The van der Waals surface area contributed by atoms with Crippen molar-refractivity contribution in [3.8, 4) is 11.1 Å². The minimum Gasteiger partial charge on any atom is -0.318 e. The summed E-state index contributed by atoms with van der Waals surface area (Å²) in [4.78, 5) is 38.3. The normalized spacial score (nSPS) is 18.2. The Labute approximate surface area is 174 Å². The molecule has 6 heteroatoms. The molecular weight excluding hydrogens is 378 g/mol. The van der Waals surface area contributed by atoms with E-state index in [9.17, 15) is 14.4 Å². The predicted octanol–water partition coefficient (Wildman–Crippen LogP) is 3.86. The molecule has 1 heterocycles. The van der Waals surface area contributed by atoms with E-state index < -0.39 is 23.4 Å². The molecule has 0 unspecified atom stereocenters. The van der Waals surface area contributed by atoms with Crippen molar-refractivity contribution in [2.24, 2.45) is 0 Å². The Morgan fingerprint density at radius 1 is 0.867 bits per heavy atom. The Kier molecular flexibility index (Phi) is 5.06. The molecule has 0 bridgehead atoms. The molecule has 4 amide bonds. The fourth-order valence-corrected chi connectivity index (χ4v) is 3.65. The Morgan fingerprint density at radius 2 is 1.43 bits per heavy atom. The van der Waals surface area contributed by atoms with E-state index >= 15 is 0 Å². The first-order chi connectivity index (χ1) is 14.5. The summed E-state index contributed by atoms with van der Waals surface area (Å²) in [5.74, 6) is -1.03. The molecule has 3 aromatic carbocycles. The van der Waals surface area contributed by atoms with Crippen LogP contribution in [0.4, 0.5) is 4.79 Å². The van der Waals surface area contributed by atoms with Gasteiger partial charge in [-0.3, -0.25) is 15.0 Å². The van der Waals surface area contributed by atoms with Crippen LogP contribution >= 0.6 is 0 Å². The lowest BCUT2D eigenvalue weighted by Gasteiger charge is -2.25. The van der Waals surface area contributed by atoms with Crippen LogP contribution in [0.2, 0.25) is 0 Å². The molecule has 0 saturated carbocycles. The Bertz CT molecular complexity index is 1080. The van der Waals surface area contributed by atoms with E-state index in [-0.39, 0.29) is 0 Å². The number of amides is 4. The largest absolute Gasteiger partial charge is 0.344 e. The van der Waals surface area contributed by atoms with Crippen LogP contribution in [0.15, 0.2) is 84.9 Å². The molecule has 150 valence electrons. The highest BCUT2D eigenvalue weighted by Crippen LogP contribution is 2.31. The maximum absolute atomic E-state index is 13.1. The van der Waals surface area contributed by atoms with Crippen LogP contribution in [0.5, 0.6) is 0 Å². The summed E-state index contributed by atoms with van der Waals surface area (Å²) >= 11 is 0. The SMILES string of the molecule is CC[C@]1(c2ccccc2)NC(=O)N(NC(=O)c2ccc(-c3ccccc3)cc2)C1=O. The van der Waals surface area contributed by atoms with Gasteiger partial charge in [-0.2, -0.15) is 5.01 Å². The molecule has 1 fully saturated rings. The van der Waals surface area contributed by atoms with Gasteiger partial charge < -0.3 is 5.32 Å². The molecule has 0 spiro atoms. The second-order valence-corrected chi connectivity index (χ2v) is 7.08. The number of carbonyl (C=O) groups excluding carboxylic acids is 3. The summed E-state index contributed by atoms with van der Waals surface area (Å²) in [5.41, 5.74) is 4.29. The van der Waals surface area contributed by atoms with Gasteiger partial charge in [0.1, 0.15) is 5.54 Å². The van der Waals surface area contributed by atoms with Gasteiger partial charge in [0.05, 0.1) is 0 Å². The quantitative estimate of drug-likeness (QED) is 0.640. The van der Waals surface area contributed by atoms with Crippen molar-refractivity contribution < 1.29 is 14.4 Å². The van der Waals surface area contributed by atoms with Crippen molar-refractivity contribution in [1.82, 2.24) is 15.8 Å². The molecule has 1 atom stereocenters. The molecular formula is C24H21N3O3. The van der Waals surface area contributed by atoms with Gasteiger partial charge in [-0.05, 0) is 35.2 Å².